The van der Waals surface area contributed by atoms with Crippen LogP contribution in [0.2, 0.25) is 0 Å². The molecule has 0 saturated carbocycles. The van der Waals surface area contributed by atoms with Crippen molar-refractivity contribution in [2.24, 2.45) is 9.98 Å². The molecule has 0 radical (unpaired) electrons. The summed E-state index contributed by atoms with van der Waals surface area (Å²) in [5.41, 5.74) is 6.77. The van der Waals surface area contributed by atoms with Crippen molar-refractivity contribution in [2.45, 2.75) is 27.7 Å². The Hall–Kier alpha value is -5.11. The Kier molecular flexibility index (Phi) is 15.9. The Morgan fingerprint density at radius 1 is 0.473 bits per heavy atom. The van der Waals surface area contributed by atoms with E-state index in [1.54, 1.807) is 86.6 Å². The number of hydrogen-bond acceptors (Lipinski definition) is 10. The first kappa shape index (κ1) is 42.6. The van der Waals surface area contributed by atoms with E-state index >= 15 is 0 Å². The summed E-state index contributed by atoms with van der Waals surface area (Å²) in [6.07, 6.45) is -1.28. The van der Waals surface area contributed by atoms with E-state index in [0.29, 0.717) is 45.5 Å². The number of carbonyl (C=O) groups excluding carboxylic acids is 6. The molecule has 4 rings (SSSR count). The summed E-state index contributed by atoms with van der Waals surface area (Å²) < 4.78 is 7.79. The third-order valence-electron chi connectivity index (χ3n) is 7.70. The molecule has 0 fully saturated rings. The molecule has 6 N–H and O–H groups in total. The molecule has 55 heavy (non-hydrogen) atoms. The van der Waals surface area contributed by atoms with Crippen LogP contribution >= 0.6 is 0 Å². The van der Waals surface area contributed by atoms with Crippen molar-refractivity contribution >= 4 is 74.6 Å². The molecule has 18 heteroatoms. The number of aliphatic imine (C=N–C) groups is 2. The van der Waals surface area contributed by atoms with Gasteiger partial charge < -0.3 is 0 Å². The summed E-state index contributed by atoms with van der Waals surface area (Å²) in [6, 6.07) is 22.9. The van der Waals surface area contributed by atoms with Gasteiger partial charge in [0.25, 0.3) is 0 Å². The Labute approximate surface area is 347 Å². The molecule has 4 aromatic carbocycles. The zero-order valence-electron chi connectivity index (χ0n) is 30.7. The summed E-state index contributed by atoms with van der Waals surface area (Å²) in [5.74, 6) is 0. The molecule has 0 aliphatic carbocycles. The van der Waals surface area contributed by atoms with Crippen LogP contribution in [0.3, 0.4) is 0 Å². The SMILES string of the molecule is COC(=O)Nc1cc(N[C](=O)[Y][C](=O)Nc2cc(N=C=Nc3ccc(C)c(N[C](=O)[Y][C](=O)Nc4ccc(C)c(NC(=O)OC)c4)c3)ccc2C)ccc1C. The topological polar surface area (TPSA) is 218 Å². The zero-order chi connectivity index (χ0) is 40.1. The summed E-state index contributed by atoms with van der Waals surface area (Å²) in [4.78, 5) is 82.8. The van der Waals surface area contributed by atoms with Crippen molar-refractivity contribution in [2.75, 3.05) is 46.1 Å². The number of carbonyl (C=O) groups is 6. The number of aryl methyl sites for hydroxylation is 4. The second-order valence-electron chi connectivity index (χ2n) is 11.9. The van der Waals surface area contributed by atoms with Gasteiger partial charge in [-0.1, -0.05) is 0 Å². The summed E-state index contributed by atoms with van der Waals surface area (Å²) in [7, 11) is 2.50. The van der Waals surface area contributed by atoms with Crippen molar-refractivity contribution < 1.29 is 96.6 Å². The first-order chi connectivity index (χ1) is 26.2. The van der Waals surface area contributed by atoms with Crippen LogP contribution in [-0.2, 0) is 67.9 Å². The molecular weight excluding hydrogens is 862 g/mol. The molecule has 16 nitrogen and oxygen atoms in total. The Morgan fingerprint density at radius 3 is 1.16 bits per heavy atom. The number of hydrogen-bond donors (Lipinski definition) is 6. The van der Waals surface area contributed by atoms with Gasteiger partial charge in [0.05, 0.1) is 0 Å². The first-order valence-corrected chi connectivity index (χ1v) is 22.1. The Bertz CT molecular complexity index is 2070. The van der Waals surface area contributed by atoms with Gasteiger partial charge in [0, 0.05) is 0 Å². The van der Waals surface area contributed by atoms with Gasteiger partial charge in [-0.25, -0.2) is 0 Å². The zero-order valence-corrected chi connectivity index (χ0v) is 36.4. The molecule has 278 valence electrons. The third kappa shape index (κ3) is 13.6. The Balaban J connectivity index is 1.33. The second-order valence-corrected chi connectivity index (χ2v) is 18.4. The number of benzene rings is 4. The fourth-order valence-corrected chi connectivity index (χ4v) is 8.16. The standard InChI is InChI=1S/C17H14N4O2.2C10H11N2O3.2Y/c1-12-3-5-14(7-16(12)20-10-22)18-9-19-15-6-4-13(2)17(8-15)21-11-23;2*1-7-3-4-8(11-6-13)5-9(7)12-10(14)15-2;;/h3-8H,1-2H3,(H,20,22)(H,21,23);2*3-5H,1-2H3,(H,11,13)(H,12,14);;. The Morgan fingerprint density at radius 2 is 0.800 bits per heavy atom. The summed E-state index contributed by atoms with van der Waals surface area (Å²) in [6.45, 7) is 7.21. The number of anilines is 6. The van der Waals surface area contributed by atoms with E-state index in [1.807, 2.05) is 13.8 Å². The van der Waals surface area contributed by atoms with Gasteiger partial charge in [-0.15, -0.1) is 0 Å². The number of nitrogens with one attached hydrogen (secondary N) is 6. The summed E-state index contributed by atoms with van der Waals surface area (Å²) >= 11 is -4.97. The number of methoxy groups -OCH3 is 2. The third-order valence-corrected chi connectivity index (χ3v) is 11.7. The maximum absolute atomic E-state index is 12.8. The van der Waals surface area contributed by atoms with Gasteiger partial charge in [0.1, 0.15) is 0 Å². The predicted octanol–water partition coefficient (Wildman–Crippen LogP) is 9.11. The van der Waals surface area contributed by atoms with Gasteiger partial charge >= 0.3 is 350 Å². The quantitative estimate of drug-likeness (QED) is 0.0752. The van der Waals surface area contributed by atoms with Crippen molar-refractivity contribution in [3.05, 3.63) is 95.1 Å². The number of nitrogens with zero attached hydrogens (tertiary/aromatic N) is 2. The van der Waals surface area contributed by atoms with Gasteiger partial charge in [0.15, 0.2) is 0 Å². The molecule has 0 atom stereocenters. The molecule has 0 spiro atoms. The molecule has 0 aliphatic rings. The van der Waals surface area contributed by atoms with Gasteiger partial charge in [-0.3, -0.25) is 0 Å². The predicted molar refractivity (Wildman–Crippen MR) is 202 cm³/mol. The number of ether oxygens (including phenoxy) is 2. The van der Waals surface area contributed by atoms with Crippen LogP contribution in [0.5, 0.6) is 0 Å². The van der Waals surface area contributed by atoms with E-state index in [1.165, 1.54) is 14.2 Å². The van der Waals surface area contributed by atoms with E-state index in [9.17, 15) is 28.8 Å². The van der Waals surface area contributed by atoms with Crippen LogP contribution in [0.15, 0.2) is 82.8 Å². The molecule has 0 unspecified atom stereocenters. The van der Waals surface area contributed by atoms with Crippen LogP contribution in [0.25, 0.3) is 0 Å². The van der Waals surface area contributed by atoms with E-state index in [0.717, 1.165) is 22.3 Å². The van der Waals surface area contributed by atoms with Gasteiger partial charge in [-0.2, -0.15) is 0 Å². The van der Waals surface area contributed by atoms with Gasteiger partial charge in [-0.05, 0) is 0 Å². The monoisotopic (exact) mass is 898 g/mol. The van der Waals surface area contributed by atoms with Crippen LogP contribution < -0.4 is 31.9 Å². The fraction of sp³-hybridized carbons (Fsp3) is 0.162. The number of rotatable bonds is 12. The average molecular weight is 899 g/mol. The molecule has 0 heterocycles. The average Bonchev–Trinajstić information content (AvgIpc) is 3.13. The van der Waals surface area contributed by atoms with E-state index in [2.05, 4.69) is 57.4 Å². The van der Waals surface area contributed by atoms with Crippen molar-refractivity contribution in [3.8, 4) is 0 Å². The normalized spacial score (nSPS) is 9.85. The van der Waals surface area contributed by atoms with Crippen LogP contribution in [0, 0.1) is 27.7 Å². The van der Waals surface area contributed by atoms with E-state index < -0.39 is 70.6 Å². The summed E-state index contributed by atoms with van der Waals surface area (Å²) in [5, 5.41) is 16.2. The second kappa shape index (κ2) is 20.5. The molecule has 0 aliphatic heterocycles. The van der Waals surface area contributed by atoms with E-state index in [4.69, 9.17) is 0 Å². The molecular formula is C37H36N8O8Y2. The first-order valence-electron chi connectivity index (χ1n) is 16.5. The van der Waals surface area contributed by atoms with Crippen LogP contribution in [0.1, 0.15) is 22.3 Å². The van der Waals surface area contributed by atoms with Crippen molar-refractivity contribution in [3.63, 3.8) is 0 Å². The molecule has 6 amide bonds. The molecule has 0 saturated heterocycles. The van der Waals surface area contributed by atoms with Crippen molar-refractivity contribution in [1.29, 1.82) is 0 Å². The van der Waals surface area contributed by atoms with Crippen molar-refractivity contribution in [1.82, 2.24) is 0 Å². The minimum absolute atomic E-state index is 0.362. The molecule has 0 aromatic heterocycles. The molecule has 4 aromatic rings. The van der Waals surface area contributed by atoms with Gasteiger partial charge in [0.2, 0.25) is 0 Å². The fourth-order valence-electron chi connectivity index (χ4n) is 4.69. The van der Waals surface area contributed by atoms with Crippen LogP contribution in [0.4, 0.5) is 74.3 Å². The van der Waals surface area contributed by atoms with Crippen LogP contribution in [-0.4, -0.2) is 43.3 Å². The number of amides is 6. The van der Waals surface area contributed by atoms with E-state index in [-0.39, 0.29) is 10.9 Å². The maximum atomic E-state index is 12.8. The molecule has 0 bridgehead atoms. The minimum atomic E-state index is -2.48.